The smallest absolute Gasteiger partial charge is 0.339 e. The molecule has 0 aromatic heterocycles. The minimum absolute atomic E-state index is 0. The fourth-order valence-electron chi connectivity index (χ4n) is 3.77. The number of carboxylic acids is 2. The first-order valence-corrected chi connectivity index (χ1v) is 8.47. The normalized spacial score (nSPS) is 28.4. The van der Waals surface area contributed by atoms with Crippen LogP contribution in [-0.2, 0) is 4.79 Å². The summed E-state index contributed by atoms with van der Waals surface area (Å²) in [7, 11) is 0. The van der Waals surface area contributed by atoms with Crippen LogP contribution in [-0.4, -0.2) is 40.8 Å². The van der Waals surface area contributed by atoms with Crippen LogP contribution in [0.4, 0.5) is 0 Å². The van der Waals surface area contributed by atoms with Gasteiger partial charge in [0.25, 0.3) is 0 Å². The Morgan fingerprint density at radius 1 is 1.16 bits per heavy atom. The van der Waals surface area contributed by atoms with Crippen molar-refractivity contribution >= 4 is 35.9 Å². The minimum atomic E-state index is -1.08. The van der Waals surface area contributed by atoms with Crippen molar-refractivity contribution in [3.05, 3.63) is 28.8 Å². The van der Waals surface area contributed by atoms with Gasteiger partial charge in [0.2, 0.25) is 0 Å². The molecule has 0 amide bonds. The van der Waals surface area contributed by atoms with Crippen LogP contribution in [0.3, 0.4) is 0 Å². The van der Waals surface area contributed by atoms with Crippen molar-refractivity contribution in [2.45, 2.75) is 37.8 Å². The highest BCUT2D eigenvalue weighted by Crippen LogP contribution is 2.38. The molecule has 2 aliphatic rings. The predicted molar refractivity (Wildman–Crippen MR) is 94.9 cm³/mol. The average molecular weight is 390 g/mol. The van der Waals surface area contributed by atoms with E-state index in [9.17, 15) is 19.8 Å². The molecule has 3 N–H and O–H groups in total. The maximum absolute atomic E-state index is 11.3. The third-order valence-electron chi connectivity index (χ3n) is 5.02. The van der Waals surface area contributed by atoms with Crippen molar-refractivity contribution in [2.75, 3.05) is 6.54 Å². The molecule has 1 aliphatic carbocycles. The molecule has 138 valence electrons. The summed E-state index contributed by atoms with van der Waals surface area (Å²) in [5.74, 6) is -0.827. The zero-order valence-corrected chi connectivity index (χ0v) is 15.1. The first kappa shape index (κ1) is 19.8. The summed E-state index contributed by atoms with van der Waals surface area (Å²) in [5, 5.41) is 21.9. The molecule has 0 spiro atoms. The zero-order chi connectivity index (χ0) is 17.3. The molecule has 1 aromatic rings. The van der Waals surface area contributed by atoms with Crippen LogP contribution in [0.25, 0.3) is 0 Å². The Balaban J connectivity index is 0.00000225. The molecule has 0 radical (unpaired) electrons. The SMILES string of the molecule is Cl.O=C(O)c1cc(Cl)ccc1O[C@H]1CC[C@H]2CN[C@H](C(=O)O)C[C@H]2C1. The number of fused-ring (bicyclic) bond motifs is 1. The van der Waals surface area contributed by atoms with Gasteiger partial charge in [-0.3, -0.25) is 4.79 Å². The Labute approximate surface area is 156 Å². The van der Waals surface area contributed by atoms with Gasteiger partial charge in [-0.25, -0.2) is 4.79 Å². The molecule has 1 heterocycles. The van der Waals surface area contributed by atoms with E-state index in [4.69, 9.17) is 16.3 Å². The van der Waals surface area contributed by atoms with Gasteiger partial charge in [0.15, 0.2) is 0 Å². The van der Waals surface area contributed by atoms with Crippen molar-refractivity contribution in [3.8, 4) is 5.75 Å². The molecule has 1 aromatic carbocycles. The number of hydrogen-bond donors (Lipinski definition) is 3. The van der Waals surface area contributed by atoms with E-state index in [1.54, 1.807) is 12.1 Å². The van der Waals surface area contributed by atoms with Crippen LogP contribution in [0.2, 0.25) is 5.02 Å². The lowest BCUT2D eigenvalue weighted by Crippen LogP contribution is -2.50. The van der Waals surface area contributed by atoms with E-state index in [2.05, 4.69) is 5.32 Å². The van der Waals surface area contributed by atoms with E-state index >= 15 is 0 Å². The van der Waals surface area contributed by atoms with Gasteiger partial charge in [-0.1, -0.05) is 11.6 Å². The number of carboxylic acid groups (broad SMARTS) is 2. The fraction of sp³-hybridized carbons (Fsp3) is 0.529. The molecule has 2 fully saturated rings. The molecule has 1 saturated heterocycles. The van der Waals surface area contributed by atoms with Crippen molar-refractivity contribution < 1.29 is 24.5 Å². The predicted octanol–water partition coefficient (Wildman–Crippen LogP) is 3.07. The van der Waals surface area contributed by atoms with Crippen molar-refractivity contribution in [1.82, 2.24) is 5.32 Å². The van der Waals surface area contributed by atoms with E-state index in [-0.39, 0.29) is 30.0 Å². The number of hydrogen-bond acceptors (Lipinski definition) is 4. The molecular formula is C17H21Cl2NO5. The Morgan fingerprint density at radius 2 is 1.92 bits per heavy atom. The maximum atomic E-state index is 11.3. The first-order chi connectivity index (χ1) is 11.4. The lowest BCUT2D eigenvalue weighted by molar-refractivity contribution is -0.141. The van der Waals surface area contributed by atoms with E-state index in [0.29, 0.717) is 23.1 Å². The summed E-state index contributed by atoms with van der Waals surface area (Å²) in [5.41, 5.74) is 0.0540. The van der Waals surface area contributed by atoms with Gasteiger partial charge in [-0.05, 0) is 62.3 Å². The number of carbonyl (C=O) groups is 2. The molecule has 6 nitrogen and oxygen atoms in total. The zero-order valence-electron chi connectivity index (χ0n) is 13.5. The van der Waals surface area contributed by atoms with Gasteiger partial charge in [0.1, 0.15) is 17.4 Å². The number of aliphatic carboxylic acids is 1. The average Bonchev–Trinajstić information content (AvgIpc) is 2.55. The maximum Gasteiger partial charge on any atom is 0.339 e. The molecule has 3 rings (SSSR count). The van der Waals surface area contributed by atoms with Gasteiger partial charge in [0, 0.05) is 5.02 Å². The van der Waals surface area contributed by atoms with Crippen LogP contribution < -0.4 is 10.1 Å². The molecule has 8 heteroatoms. The van der Waals surface area contributed by atoms with Crippen LogP contribution >= 0.6 is 24.0 Å². The van der Waals surface area contributed by atoms with Crippen LogP contribution in [0, 0.1) is 11.8 Å². The molecule has 0 unspecified atom stereocenters. The number of piperidine rings is 1. The fourth-order valence-corrected chi connectivity index (χ4v) is 3.94. The highest BCUT2D eigenvalue weighted by atomic mass is 35.5. The third-order valence-corrected chi connectivity index (χ3v) is 5.26. The van der Waals surface area contributed by atoms with Crippen molar-refractivity contribution in [2.24, 2.45) is 11.8 Å². The van der Waals surface area contributed by atoms with E-state index in [1.165, 1.54) is 6.07 Å². The standard InChI is InChI=1S/C17H20ClNO5.ClH/c18-11-2-4-15(13(7-11)16(20)21)24-12-3-1-9-8-19-14(17(22)23)6-10(9)5-12;/h2,4,7,9-10,12,14,19H,1,3,5-6,8H2,(H,20,21)(H,22,23);1H/t9-,10+,12-,14-;/m0./s1. The topological polar surface area (TPSA) is 95.9 Å². The van der Waals surface area contributed by atoms with Crippen molar-refractivity contribution in [3.63, 3.8) is 0 Å². The molecule has 1 aliphatic heterocycles. The Bertz CT molecular complexity index is 654. The minimum Gasteiger partial charge on any atom is -0.490 e. The van der Waals surface area contributed by atoms with Crippen LogP contribution in [0.15, 0.2) is 18.2 Å². The Morgan fingerprint density at radius 3 is 2.60 bits per heavy atom. The Hall–Kier alpha value is -1.50. The lowest BCUT2D eigenvalue weighted by Gasteiger charge is -2.41. The van der Waals surface area contributed by atoms with Gasteiger partial charge in [-0.15, -0.1) is 12.4 Å². The molecule has 4 atom stereocenters. The summed E-state index contributed by atoms with van der Waals surface area (Å²) >= 11 is 5.86. The number of aromatic carboxylic acids is 1. The summed E-state index contributed by atoms with van der Waals surface area (Å²) < 4.78 is 5.94. The number of halogens is 2. The highest BCUT2D eigenvalue weighted by Gasteiger charge is 2.38. The number of nitrogens with one attached hydrogen (secondary N) is 1. The van der Waals surface area contributed by atoms with Crippen LogP contribution in [0.5, 0.6) is 5.75 Å². The second kappa shape index (κ2) is 8.25. The van der Waals surface area contributed by atoms with Crippen LogP contribution in [0.1, 0.15) is 36.0 Å². The van der Waals surface area contributed by atoms with Gasteiger partial charge >= 0.3 is 11.9 Å². The third kappa shape index (κ3) is 4.57. The molecular weight excluding hydrogens is 369 g/mol. The molecule has 25 heavy (non-hydrogen) atoms. The van der Waals surface area contributed by atoms with E-state index in [1.807, 2.05) is 0 Å². The number of rotatable bonds is 4. The lowest BCUT2D eigenvalue weighted by atomic mass is 9.72. The highest BCUT2D eigenvalue weighted by molar-refractivity contribution is 6.31. The molecule has 1 saturated carbocycles. The van der Waals surface area contributed by atoms with Gasteiger partial charge < -0.3 is 20.3 Å². The van der Waals surface area contributed by atoms with Crippen molar-refractivity contribution in [1.29, 1.82) is 0 Å². The largest absolute Gasteiger partial charge is 0.490 e. The van der Waals surface area contributed by atoms with Gasteiger partial charge in [0.05, 0.1) is 6.10 Å². The summed E-state index contributed by atoms with van der Waals surface area (Å²) in [6.45, 7) is 0.718. The first-order valence-electron chi connectivity index (χ1n) is 8.09. The summed E-state index contributed by atoms with van der Waals surface area (Å²) in [4.78, 5) is 22.5. The quantitative estimate of drug-likeness (QED) is 0.732. The Kier molecular flexibility index (Phi) is 6.54. The number of benzene rings is 1. The molecule has 0 bridgehead atoms. The second-order valence-electron chi connectivity index (χ2n) is 6.55. The van der Waals surface area contributed by atoms with E-state index in [0.717, 1.165) is 25.8 Å². The second-order valence-corrected chi connectivity index (χ2v) is 6.99. The van der Waals surface area contributed by atoms with Gasteiger partial charge in [-0.2, -0.15) is 0 Å². The summed E-state index contributed by atoms with van der Waals surface area (Å²) in [6.07, 6.45) is 3.02. The van der Waals surface area contributed by atoms with E-state index < -0.39 is 18.0 Å². The monoisotopic (exact) mass is 389 g/mol. The number of ether oxygens (including phenoxy) is 1. The summed E-state index contributed by atoms with van der Waals surface area (Å²) in [6, 6.07) is 4.07.